The predicted molar refractivity (Wildman–Crippen MR) is 48.2 cm³/mol. The van der Waals surface area contributed by atoms with E-state index in [2.05, 4.69) is 5.32 Å². The van der Waals surface area contributed by atoms with Gasteiger partial charge in [0.1, 0.15) is 11.5 Å². The zero-order chi connectivity index (χ0) is 8.55. The van der Waals surface area contributed by atoms with Gasteiger partial charge < -0.3 is 15.2 Å². The summed E-state index contributed by atoms with van der Waals surface area (Å²) < 4.78 is 5.20. The molecule has 0 unspecified atom stereocenters. The zero-order valence-corrected chi connectivity index (χ0v) is 7.02. The first kappa shape index (κ1) is 7.36. The Kier molecular flexibility index (Phi) is 1.62. The molecule has 1 aliphatic rings. The van der Waals surface area contributed by atoms with Gasteiger partial charge in [0.2, 0.25) is 0 Å². The van der Waals surface area contributed by atoms with Gasteiger partial charge in [0.25, 0.3) is 5.17 Å². The normalized spacial score (nSPS) is 14.5. The fraction of sp³-hybridized carbons (Fsp3) is 0.125. The molecule has 0 aliphatic carbocycles. The fourth-order valence-corrected chi connectivity index (χ4v) is 1.27. The maximum Gasteiger partial charge on any atom is 0.262 e. The molecule has 0 aromatic heterocycles. The van der Waals surface area contributed by atoms with Crippen LogP contribution in [0.4, 0.5) is 0 Å². The monoisotopic (exact) mass is 181 g/mol. The molecule has 0 spiro atoms. The van der Waals surface area contributed by atoms with Crippen LogP contribution >= 0.6 is 12.2 Å². The maximum atomic E-state index is 9.14. The van der Waals surface area contributed by atoms with Gasteiger partial charge in [-0.25, -0.2) is 0 Å². The molecule has 1 aromatic rings. The molecule has 12 heavy (non-hydrogen) atoms. The van der Waals surface area contributed by atoms with Gasteiger partial charge in [-0.3, -0.25) is 0 Å². The van der Waals surface area contributed by atoms with E-state index in [1.54, 1.807) is 18.2 Å². The SMILES string of the molecule is Oc1ccc2c(c1)CNC(=S)O2. The highest BCUT2D eigenvalue weighted by molar-refractivity contribution is 7.80. The Morgan fingerprint density at radius 2 is 2.33 bits per heavy atom. The first-order valence-electron chi connectivity index (χ1n) is 3.53. The molecule has 1 aromatic carbocycles. The molecule has 0 amide bonds. The smallest absolute Gasteiger partial charge is 0.262 e. The predicted octanol–water partition coefficient (Wildman–Crippen LogP) is 1.16. The zero-order valence-electron chi connectivity index (χ0n) is 6.20. The van der Waals surface area contributed by atoms with Crippen LogP contribution in [0.1, 0.15) is 5.56 Å². The van der Waals surface area contributed by atoms with E-state index in [1.807, 2.05) is 0 Å². The average Bonchev–Trinajstić information content (AvgIpc) is 2.05. The summed E-state index contributed by atoms with van der Waals surface area (Å²) in [7, 11) is 0. The van der Waals surface area contributed by atoms with Crippen molar-refractivity contribution < 1.29 is 9.84 Å². The highest BCUT2D eigenvalue weighted by atomic mass is 32.1. The summed E-state index contributed by atoms with van der Waals surface area (Å²) in [5, 5.41) is 12.4. The number of thiocarbonyl (C=S) groups is 1. The van der Waals surface area contributed by atoms with E-state index in [0.29, 0.717) is 11.7 Å². The molecule has 2 N–H and O–H groups in total. The van der Waals surface area contributed by atoms with Gasteiger partial charge in [-0.1, -0.05) is 0 Å². The average molecular weight is 181 g/mol. The molecule has 4 heteroatoms. The van der Waals surface area contributed by atoms with Crippen LogP contribution < -0.4 is 10.1 Å². The van der Waals surface area contributed by atoms with Gasteiger partial charge in [0.05, 0.1) is 0 Å². The van der Waals surface area contributed by atoms with Crippen molar-refractivity contribution in [3.63, 3.8) is 0 Å². The molecular weight excluding hydrogens is 174 g/mol. The summed E-state index contributed by atoms with van der Waals surface area (Å²) in [5.74, 6) is 0.962. The van der Waals surface area contributed by atoms with Crippen molar-refractivity contribution in [1.29, 1.82) is 0 Å². The number of aromatic hydroxyl groups is 1. The lowest BCUT2D eigenvalue weighted by molar-refractivity contribution is 0.463. The number of ether oxygens (including phenoxy) is 1. The van der Waals surface area contributed by atoms with Crippen LogP contribution in [-0.2, 0) is 6.54 Å². The number of benzene rings is 1. The number of hydrogen-bond acceptors (Lipinski definition) is 3. The Morgan fingerprint density at radius 3 is 3.17 bits per heavy atom. The molecule has 0 atom stereocenters. The van der Waals surface area contributed by atoms with Crippen LogP contribution in [0, 0.1) is 0 Å². The third-order valence-corrected chi connectivity index (χ3v) is 1.90. The molecule has 0 fully saturated rings. The molecular formula is C8H7NO2S. The Labute approximate surface area is 75.0 Å². The fourth-order valence-electron chi connectivity index (χ4n) is 1.11. The second kappa shape index (κ2) is 2.64. The van der Waals surface area contributed by atoms with Crippen molar-refractivity contribution >= 4 is 17.4 Å². The van der Waals surface area contributed by atoms with Gasteiger partial charge in [0.15, 0.2) is 0 Å². The van der Waals surface area contributed by atoms with Crippen molar-refractivity contribution in [3.8, 4) is 11.5 Å². The quantitative estimate of drug-likeness (QED) is 0.589. The van der Waals surface area contributed by atoms with Crippen LogP contribution in [-0.4, -0.2) is 10.3 Å². The third-order valence-electron chi connectivity index (χ3n) is 1.67. The van der Waals surface area contributed by atoms with Crippen molar-refractivity contribution in [2.75, 3.05) is 0 Å². The maximum absolute atomic E-state index is 9.14. The Morgan fingerprint density at radius 1 is 1.50 bits per heavy atom. The molecule has 3 nitrogen and oxygen atoms in total. The van der Waals surface area contributed by atoms with Crippen LogP contribution in [0.25, 0.3) is 0 Å². The topological polar surface area (TPSA) is 41.5 Å². The van der Waals surface area contributed by atoms with Gasteiger partial charge in [-0.05, 0) is 30.4 Å². The minimum absolute atomic E-state index is 0.243. The van der Waals surface area contributed by atoms with Crippen LogP contribution in [0.2, 0.25) is 0 Å². The first-order chi connectivity index (χ1) is 5.75. The van der Waals surface area contributed by atoms with Crippen LogP contribution in [0.3, 0.4) is 0 Å². The van der Waals surface area contributed by atoms with Crippen molar-refractivity contribution in [3.05, 3.63) is 23.8 Å². The largest absolute Gasteiger partial charge is 0.508 e. The van der Waals surface area contributed by atoms with Crippen LogP contribution in [0.15, 0.2) is 18.2 Å². The van der Waals surface area contributed by atoms with E-state index in [1.165, 1.54) is 0 Å². The molecule has 0 saturated carbocycles. The minimum atomic E-state index is 0.243. The lowest BCUT2D eigenvalue weighted by Gasteiger charge is -2.18. The number of phenols is 1. The van der Waals surface area contributed by atoms with Gasteiger partial charge in [-0.15, -0.1) is 0 Å². The lowest BCUT2D eigenvalue weighted by atomic mass is 10.2. The second-order valence-corrected chi connectivity index (χ2v) is 2.91. The number of phenolic OH excluding ortho intramolecular Hbond substituents is 1. The summed E-state index contributed by atoms with van der Waals surface area (Å²) in [6.45, 7) is 0.614. The van der Waals surface area contributed by atoms with Gasteiger partial charge >= 0.3 is 0 Å². The van der Waals surface area contributed by atoms with Crippen LogP contribution in [0.5, 0.6) is 11.5 Å². The molecule has 1 heterocycles. The van der Waals surface area contributed by atoms with E-state index in [9.17, 15) is 0 Å². The summed E-state index contributed by atoms with van der Waals surface area (Å²) >= 11 is 4.82. The van der Waals surface area contributed by atoms with Crippen molar-refractivity contribution in [1.82, 2.24) is 5.32 Å². The first-order valence-corrected chi connectivity index (χ1v) is 3.94. The summed E-state index contributed by atoms with van der Waals surface area (Å²) in [6, 6.07) is 4.94. The number of hydrogen-bond donors (Lipinski definition) is 2. The molecule has 0 bridgehead atoms. The molecule has 62 valence electrons. The summed E-state index contributed by atoms with van der Waals surface area (Å²) in [4.78, 5) is 0. The van der Waals surface area contributed by atoms with Gasteiger partial charge in [0, 0.05) is 12.1 Å². The summed E-state index contributed by atoms with van der Waals surface area (Å²) in [6.07, 6.45) is 0. The molecule has 0 radical (unpaired) electrons. The van der Waals surface area contributed by atoms with E-state index >= 15 is 0 Å². The number of nitrogens with one attached hydrogen (secondary N) is 1. The lowest BCUT2D eigenvalue weighted by Crippen LogP contribution is -2.30. The Hall–Kier alpha value is -1.29. The minimum Gasteiger partial charge on any atom is -0.508 e. The standard InChI is InChI=1S/C8H7NO2S/c10-6-1-2-7-5(3-6)4-9-8(12)11-7/h1-3,10H,4H2,(H,9,12). The van der Waals surface area contributed by atoms with E-state index in [0.717, 1.165) is 11.3 Å². The Balaban J connectivity index is 2.43. The highest BCUT2D eigenvalue weighted by Crippen LogP contribution is 2.25. The number of rotatable bonds is 0. The second-order valence-electron chi connectivity index (χ2n) is 2.54. The molecule has 2 rings (SSSR count). The number of fused-ring (bicyclic) bond motifs is 1. The van der Waals surface area contributed by atoms with E-state index in [-0.39, 0.29) is 5.75 Å². The summed E-state index contributed by atoms with van der Waals surface area (Å²) in [5.41, 5.74) is 0.920. The van der Waals surface area contributed by atoms with Gasteiger partial charge in [-0.2, -0.15) is 0 Å². The van der Waals surface area contributed by atoms with Crippen molar-refractivity contribution in [2.45, 2.75) is 6.54 Å². The third kappa shape index (κ3) is 1.21. The molecule has 0 saturated heterocycles. The Bertz CT molecular complexity index is 338. The highest BCUT2D eigenvalue weighted by Gasteiger charge is 2.12. The van der Waals surface area contributed by atoms with Crippen molar-refractivity contribution in [2.24, 2.45) is 0 Å². The molecule has 1 aliphatic heterocycles. The van der Waals surface area contributed by atoms with E-state index in [4.69, 9.17) is 22.1 Å². The van der Waals surface area contributed by atoms with E-state index < -0.39 is 0 Å².